The molecule has 0 aliphatic carbocycles. The van der Waals surface area contributed by atoms with Gasteiger partial charge in [0.1, 0.15) is 23.3 Å². The van der Waals surface area contributed by atoms with Crippen LogP contribution >= 0.6 is 11.6 Å². The zero-order valence-corrected chi connectivity index (χ0v) is 13.0. The van der Waals surface area contributed by atoms with Gasteiger partial charge in [0.05, 0.1) is 6.61 Å². The number of benzene rings is 1. The number of carbonyl (C=O) groups excluding carboxylic acids is 1. The number of hydrogen-bond donors (Lipinski definition) is 1. The van der Waals surface area contributed by atoms with Crippen molar-refractivity contribution in [3.05, 3.63) is 51.9 Å². The van der Waals surface area contributed by atoms with Gasteiger partial charge in [-0.3, -0.25) is 4.79 Å². The molecular weight excluding hydrogens is 304 g/mol. The van der Waals surface area contributed by atoms with Crippen LogP contribution in [-0.2, 0) is 14.3 Å². The van der Waals surface area contributed by atoms with Crippen molar-refractivity contribution in [2.24, 2.45) is 11.7 Å². The largest absolute Gasteiger partial charge is 0.465 e. The standard InChI is InChI=1S/C16H15ClN2O3/c1-3-21-16(20)13-9(2)14(22-15(19)12(13)8-18)10-4-6-11(17)7-5-10/h4-7,13H,3,19H2,1-2H3. The lowest BCUT2D eigenvalue weighted by Gasteiger charge is -2.26. The third-order valence-corrected chi connectivity index (χ3v) is 3.56. The second kappa shape index (κ2) is 6.54. The predicted octanol–water partition coefficient (Wildman–Crippen LogP) is 2.97. The highest BCUT2D eigenvalue weighted by Crippen LogP contribution is 2.36. The van der Waals surface area contributed by atoms with Gasteiger partial charge < -0.3 is 15.2 Å². The summed E-state index contributed by atoms with van der Waals surface area (Å²) < 4.78 is 10.6. The van der Waals surface area contributed by atoms with Crippen molar-refractivity contribution in [3.8, 4) is 6.07 Å². The molecule has 0 amide bonds. The van der Waals surface area contributed by atoms with E-state index in [0.29, 0.717) is 16.4 Å². The summed E-state index contributed by atoms with van der Waals surface area (Å²) in [6, 6.07) is 8.86. The molecule has 2 rings (SSSR count). The summed E-state index contributed by atoms with van der Waals surface area (Å²) in [6.07, 6.45) is 0. The van der Waals surface area contributed by atoms with E-state index in [4.69, 9.17) is 26.8 Å². The lowest BCUT2D eigenvalue weighted by atomic mass is 9.88. The third-order valence-electron chi connectivity index (χ3n) is 3.31. The van der Waals surface area contributed by atoms with Crippen molar-refractivity contribution >= 4 is 23.3 Å². The number of hydrogen-bond acceptors (Lipinski definition) is 5. The summed E-state index contributed by atoms with van der Waals surface area (Å²) >= 11 is 5.87. The molecule has 2 N–H and O–H groups in total. The Bertz CT molecular complexity index is 699. The van der Waals surface area contributed by atoms with Gasteiger partial charge in [0.15, 0.2) is 0 Å². The van der Waals surface area contributed by atoms with Crippen LogP contribution in [0.25, 0.3) is 5.76 Å². The monoisotopic (exact) mass is 318 g/mol. The number of carbonyl (C=O) groups is 1. The number of rotatable bonds is 3. The molecule has 1 atom stereocenters. The van der Waals surface area contributed by atoms with Crippen LogP contribution in [0.1, 0.15) is 19.4 Å². The minimum absolute atomic E-state index is 0.0636. The second-order valence-corrected chi connectivity index (χ2v) is 5.13. The zero-order chi connectivity index (χ0) is 16.3. The van der Waals surface area contributed by atoms with E-state index in [1.807, 2.05) is 6.07 Å². The van der Waals surface area contributed by atoms with Crippen LogP contribution in [-0.4, -0.2) is 12.6 Å². The molecular formula is C16H15ClN2O3. The van der Waals surface area contributed by atoms with Gasteiger partial charge in [-0.2, -0.15) is 5.26 Å². The van der Waals surface area contributed by atoms with Gasteiger partial charge in [0.2, 0.25) is 5.88 Å². The van der Waals surface area contributed by atoms with Crippen LogP contribution in [0.15, 0.2) is 41.3 Å². The first kappa shape index (κ1) is 15.9. The Labute approximate surface area is 133 Å². The quantitative estimate of drug-likeness (QED) is 0.866. The number of nitriles is 1. The highest BCUT2D eigenvalue weighted by molar-refractivity contribution is 6.30. The molecule has 1 heterocycles. The first-order chi connectivity index (χ1) is 10.5. The summed E-state index contributed by atoms with van der Waals surface area (Å²) in [4.78, 5) is 12.2. The number of ether oxygens (including phenoxy) is 2. The van der Waals surface area contributed by atoms with E-state index in [2.05, 4.69) is 0 Å². The first-order valence-corrected chi connectivity index (χ1v) is 7.08. The SMILES string of the molecule is CCOC(=O)C1C(C)=C(c2ccc(Cl)cc2)OC(N)=C1C#N. The van der Waals surface area contributed by atoms with Gasteiger partial charge >= 0.3 is 5.97 Å². The Morgan fingerprint density at radius 2 is 2.09 bits per heavy atom. The molecule has 6 heteroatoms. The van der Waals surface area contributed by atoms with Gasteiger partial charge in [-0.15, -0.1) is 0 Å². The zero-order valence-electron chi connectivity index (χ0n) is 12.2. The van der Waals surface area contributed by atoms with E-state index in [1.165, 1.54) is 0 Å². The van der Waals surface area contributed by atoms with Crippen molar-refractivity contribution in [1.29, 1.82) is 5.26 Å². The normalized spacial score (nSPS) is 17.8. The summed E-state index contributed by atoms with van der Waals surface area (Å²) in [5.41, 5.74) is 7.16. The van der Waals surface area contributed by atoms with Crippen LogP contribution in [0, 0.1) is 17.2 Å². The summed E-state index contributed by atoms with van der Waals surface area (Å²) in [5, 5.41) is 9.83. The summed E-state index contributed by atoms with van der Waals surface area (Å²) in [7, 11) is 0. The fraction of sp³-hybridized carbons (Fsp3) is 0.250. The third kappa shape index (κ3) is 2.92. The molecule has 1 aliphatic rings. The van der Waals surface area contributed by atoms with Crippen molar-refractivity contribution in [2.75, 3.05) is 6.61 Å². The Morgan fingerprint density at radius 3 is 2.64 bits per heavy atom. The second-order valence-electron chi connectivity index (χ2n) is 4.70. The van der Waals surface area contributed by atoms with E-state index in [-0.39, 0.29) is 18.1 Å². The molecule has 0 spiro atoms. The summed E-state index contributed by atoms with van der Waals surface area (Å²) in [6.45, 7) is 3.64. The Hall–Kier alpha value is -2.45. The van der Waals surface area contributed by atoms with Gasteiger partial charge in [-0.1, -0.05) is 11.6 Å². The highest BCUT2D eigenvalue weighted by Gasteiger charge is 2.35. The van der Waals surface area contributed by atoms with E-state index in [9.17, 15) is 10.1 Å². The average Bonchev–Trinajstić information content (AvgIpc) is 2.50. The molecule has 5 nitrogen and oxygen atoms in total. The first-order valence-electron chi connectivity index (χ1n) is 6.70. The molecule has 1 unspecified atom stereocenters. The number of nitrogens with two attached hydrogens (primary N) is 1. The van der Waals surface area contributed by atoms with Crippen LogP contribution in [0.2, 0.25) is 5.02 Å². The predicted molar refractivity (Wildman–Crippen MR) is 82.1 cm³/mol. The molecule has 0 saturated heterocycles. The fourth-order valence-electron chi connectivity index (χ4n) is 2.26. The van der Waals surface area contributed by atoms with Crippen LogP contribution in [0.4, 0.5) is 0 Å². The molecule has 1 aliphatic heterocycles. The van der Waals surface area contributed by atoms with Gasteiger partial charge in [0.25, 0.3) is 0 Å². The molecule has 0 aromatic heterocycles. The smallest absolute Gasteiger partial charge is 0.318 e. The molecule has 0 fully saturated rings. The number of halogens is 1. The Kier molecular flexibility index (Phi) is 4.74. The molecule has 0 radical (unpaired) electrons. The maximum absolute atomic E-state index is 12.2. The summed E-state index contributed by atoms with van der Waals surface area (Å²) in [5.74, 6) is -1.03. The lowest BCUT2D eigenvalue weighted by Crippen LogP contribution is -2.28. The van der Waals surface area contributed by atoms with Crippen LogP contribution in [0.3, 0.4) is 0 Å². The van der Waals surface area contributed by atoms with E-state index in [1.54, 1.807) is 38.1 Å². The minimum Gasteiger partial charge on any atom is -0.465 e. The van der Waals surface area contributed by atoms with Gasteiger partial charge in [0, 0.05) is 10.6 Å². The van der Waals surface area contributed by atoms with E-state index in [0.717, 1.165) is 5.56 Å². The van der Waals surface area contributed by atoms with E-state index < -0.39 is 11.9 Å². The molecule has 22 heavy (non-hydrogen) atoms. The van der Waals surface area contributed by atoms with Gasteiger partial charge in [-0.25, -0.2) is 0 Å². The maximum atomic E-state index is 12.2. The topological polar surface area (TPSA) is 85.3 Å². The van der Waals surface area contributed by atoms with Crippen molar-refractivity contribution in [2.45, 2.75) is 13.8 Å². The minimum atomic E-state index is -0.857. The Morgan fingerprint density at radius 1 is 1.45 bits per heavy atom. The highest BCUT2D eigenvalue weighted by atomic mass is 35.5. The molecule has 0 saturated carbocycles. The Balaban J connectivity index is 2.51. The molecule has 1 aromatic rings. The van der Waals surface area contributed by atoms with Crippen molar-refractivity contribution in [1.82, 2.24) is 0 Å². The van der Waals surface area contributed by atoms with Gasteiger partial charge in [-0.05, 0) is 43.7 Å². The number of esters is 1. The van der Waals surface area contributed by atoms with Crippen molar-refractivity contribution < 1.29 is 14.3 Å². The molecule has 1 aromatic carbocycles. The van der Waals surface area contributed by atoms with Crippen LogP contribution < -0.4 is 5.73 Å². The lowest BCUT2D eigenvalue weighted by molar-refractivity contribution is -0.145. The molecule has 0 bridgehead atoms. The number of nitrogens with zero attached hydrogens (tertiary/aromatic N) is 1. The fourth-order valence-corrected chi connectivity index (χ4v) is 2.39. The van der Waals surface area contributed by atoms with Crippen molar-refractivity contribution in [3.63, 3.8) is 0 Å². The maximum Gasteiger partial charge on any atom is 0.318 e. The molecule has 114 valence electrons. The average molecular weight is 319 g/mol. The van der Waals surface area contributed by atoms with Crippen LogP contribution in [0.5, 0.6) is 0 Å². The van der Waals surface area contributed by atoms with E-state index >= 15 is 0 Å².